The van der Waals surface area contributed by atoms with Gasteiger partial charge in [-0.1, -0.05) is 41.6 Å². The predicted octanol–water partition coefficient (Wildman–Crippen LogP) is 4.24. The van der Waals surface area contributed by atoms with Gasteiger partial charge in [-0.15, -0.1) is 10.2 Å². The molecule has 1 fully saturated rings. The molecule has 7 nitrogen and oxygen atoms in total. The van der Waals surface area contributed by atoms with Crippen LogP contribution in [0.1, 0.15) is 31.4 Å². The van der Waals surface area contributed by atoms with E-state index in [9.17, 15) is 9.59 Å². The van der Waals surface area contributed by atoms with E-state index >= 15 is 0 Å². The number of halogens is 1. The maximum absolute atomic E-state index is 12.5. The Labute approximate surface area is 189 Å². The summed E-state index contributed by atoms with van der Waals surface area (Å²) in [6.45, 7) is 1.93. The van der Waals surface area contributed by atoms with E-state index in [1.807, 2.05) is 49.4 Å². The maximum atomic E-state index is 12.5. The Morgan fingerprint density at radius 1 is 1.23 bits per heavy atom. The standard InChI is InChI=1S/C22H22ClN5O2S/c1-14(15-7-9-18(10-8-15)26-21(30)16-5-6-16)25-20(29)12-31-22-27-24-13-28(22)19-4-2-3-17(23)11-19/h2-4,7-11,13-14,16H,5-6,12H2,1H3,(H,25,29)(H,26,30). The number of carbonyl (C=O) groups is 2. The normalized spacial score (nSPS) is 14.1. The SMILES string of the molecule is CC(NC(=O)CSc1nncn1-c1cccc(Cl)c1)c1ccc(NC(=O)C2CC2)cc1. The molecule has 0 bridgehead atoms. The van der Waals surface area contributed by atoms with Gasteiger partial charge >= 0.3 is 0 Å². The molecule has 1 heterocycles. The number of hydrogen-bond acceptors (Lipinski definition) is 5. The van der Waals surface area contributed by atoms with E-state index in [0.717, 1.165) is 29.8 Å². The van der Waals surface area contributed by atoms with E-state index in [-0.39, 0.29) is 29.5 Å². The molecule has 2 aromatic carbocycles. The van der Waals surface area contributed by atoms with Crippen molar-refractivity contribution in [2.45, 2.75) is 31.0 Å². The monoisotopic (exact) mass is 455 g/mol. The highest BCUT2D eigenvalue weighted by atomic mass is 35.5. The Morgan fingerprint density at radius 2 is 2.00 bits per heavy atom. The fraction of sp³-hybridized carbons (Fsp3) is 0.273. The van der Waals surface area contributed by atoms with Crippen molar-refractivity contribution in [3.8, 4) is 5.69 Å². The molecule has 2 amide bonds. The molecule has 4 rings (SSSR count). The Morgan fingerprint density at radius 3 is 2.71 bits per heavy atom. The first-order valence-electron chi connectivity index (χ1n) is 9.98. The molecule has 1 saturated carbocycles. The molecular formula is C22H22ClN5O2S. The summed E-state index contributed by atoms with van der Waals surface area (Å²) in [6, 6.07) is 14.8. The second kappa shape index (κ2) is 9.53. The Bertz CT molecular complexity index is 1080. The fourth-order valence-electron chi connectivity index (χ4n) is 3.07. The number of carbonyl (C=O) groups excluding carboxylic acids is 2. The Kier molecular flexibility index (Phi) is 6.58. The van der Waals surface area contributed by atoms with Crippen LogP contribution >= 0.6 is 23.4 Å². The highest BCUT2D eigenvalue weighted by Gasteiger charge is 2.29. The molecule has 3 aromatic rings. The van der Waals surface area contributed by atoms with E-state index < -0.39 is 0 Å². The number of nitrogens with one attached hydrogen (secondary N) is 2. The van der Waals surface area contributed by atoms with Crippen LogP contribution in [0.3, 0.4) is 0 Å². The van der Waals surface area contributed by atoms with Crippen molar-refractivity contribution in [2.24, 2.45) is 5.92 Å². The smallest absolute Gasteiger partial charge is 0.230 e. The van der Waals surface area contributed by atoms with E-state index in [2.05, 4.69) is 20.8 Å². The second-order valence-electron chi connectivity index (χ2n) is 7.43. The van der Waals surface area contributed by atoms with Crippen LogP contribution in [0, 0.1) is 5.92 Å². The van der Waals surface area contributed by atoms with E-state index in [1.165, 1.54) is 11.8 Å². The molecule has 1 aliphatic rings. The number of amides is 2. The van der Waals surface area contributed by atoms with Crippen molar-refractivity contribution in [3.63, 3.8) is 0 Å². The molecule has 1 aliphatic carbocycles. The lowest BCUT2D eigenvalue weighted by Gasteiger charge is -2.15. The van der Waals surface area contributed by atoms with Crippen molar-refractivity contribution in [1.29, 1.82) is 0 Å². The first kappa shape index (κ1) is 21.4. The van der Waals surface area contributed by atoms with E-state index in [1.54, 1.807) is 17.0 Å². The third-order valence-electron chi connectivity index (χ3n) is 4.94. The highest BCUT2D eigenvalue weighted by Crippen LogP contribution is 2.30. The zero-order valence-electron chi connectivity index (χ0n) is 16.9. The summed E-state index contributed by atoms with van der Waals surface area (Å²) in [4.78, 5) is 24.3. The zero-order valence-corrected chi connectivity index (χ0v) is 18.5. The Balaban J connectivity index is 1.30. The van der Waals surface area contributed by atoms with Gasteiger partial charge in [-0.05, 0) is 55.7 Å². The van der Waals surface area contributed by atoms with Crippen LogP contribution in [0.25, 0.3) is 5.69 Å². The molecule has 0 saturated heterocycles. The molecule has 9 heteroatoms. The van der Waals surface area contributed by atoms with Crippen molar-refractivity contribution < 1.29 is 9.59 Å². The van der Waals surface area contributed by atoms with Crippen molar-refractivity contribution in [3.05, 3.63) is 65.4 Å². The number of nitrogens with zero attached hydrogens (tertiary/aromatic N) is 3. The van der Waals surface area contributed by atoms with E-state index in [4.69, 9.17) is 11.6 Å². The zero-order chi connectivity index (χ0) is 21.8. The number of rotatable bonds is 8. The third kappa shape index (κ3) is 5.65. The van der Waals surface area contributed by atoms with Gasteiger partial charge < -0.3 is 10.6 Å². The molecule has 1 atom stereocenters. The molecule has 2 N–H and O–H groups in total. The molecule has 31 heavy (non-hydrogen) atoms. The van der Waals surface area contributed by atoms with Crippen LogP contribution < -0.4 is 10.6 Å². The third-order valence-corrected chi connectivity index (χ3v) is 6.12. The lowest BCUT2D eigenvalue weighted by atomic mass is 10.1. The quantitative estimate of drug-likeness (QED) is 0.496. The molecule has 0 spiro atoms. The maximum Gasteiger partial charge on any atom is 0.230 e. The van der Waals surface area contributed by atoms with Crippen molar-refractivity contribution >= 4 is 40.9 Å². The van der Waals surface area contributed by atoms with E-state index in [0.29, 0.717) is 10.2 Å². The van der Waals surface area contributed by atoms with Crippen LogP contribution in [0.15, 0.2) is 60.0 Å². The summed E-state index contributed by atoms with van der Waals surface area (Å²) in [7, 11) is 0. The average Bonchev–Trinajstić information content (AvgIpc) is 3.51. The number of thioether (sulfide) groups is 1. The van der Waals surface area contributed by atoms with Gasteiger partial charge in [-0.2, -0.15) is 0 Å². The minimum atomic E-state index is -0.160. The van der Waals surface area contributed by atoms with Gasteiger partial charge in [0.05, 0.1) is 17.5 Å². The van der Waals surface area contributed by atoms with Gasteiger partial charge in [0.25, 0.3) is 0 Å². The number of anilines is 1. The summed E-state index contributed by atoms with van der Waals surface area (Å²) >= 11 is 7.37. The number of aromatic nitrogens is 3. The summed E-state index contributed by atoms with van der Waals surface area (Å²) in [5, 5.41) is 15.2. The summed E-state index contributed by atoms with van der Waals surface area (Å²) in [5.74, 6) is 0.347. The topological polar surface area (TPSA) is 88.9 Å². The van der Waals surface area contributed by atoms with Crippen LogP contribution in [0.4, 0.5) is 5.69 Å². The highest BCUT2D eigenvalue weighted by molar-refractivity contribution is 7.99. The molecule has 1 aromatic heterocycles. The molecule has 0 aliphatic heterocycles. The summed E-state index contributed by atoms with van der Waals surface area (Å²) in [5.41, 5.74) is 2.57. The minimum Gasteiger partial charge on any atom is -0.349 e. The summed E-state index contributed by atoms with van der Waals surface area (Å²) in [6.07, 6.45) is 3.54. The first-order valence-corrected chi connectivity index (χ1v) is 11.3. The average molecular weight is 456 g/mol. The molecule has 0 radical (unpaired) electrons. The lowest BCUT2D eigenvalue weighted by molar-refractivity contribution is -0.119. The van der Waals surface area contributed by atoms with Crippen LogP contribution in [0.5, 0.6) is 0 Å². The van der Waals surface area contributed by atoms with Crippen LogP contribution in [0.2, 0.25) is 5.02 Å². The second-order valence-corrected chi connectivity index (χ2v) is 8.81. The fourth-order valence-corrected chi connectivity index (χ4v) is 3.99. The van der Waals surface area contributed by atoms with Crippen LogP contribution in [-0.4, -0.2) is 32.3 Å². The number of hydrogen-bond donors (Lipinski definition) is 2. The first-order chi connectivity index (χ1) is 15.0. The van der Waals surface area contributed by atoms with Gasteiger partial charge in [0.15, 0.2) is 5.16 Å². The largest absolute Gasteiger partial charge is 0.349 e. The lowest BCUT2D eigenvalue weighted by Crippen LogP contribution is -2.28. The van der Waals surface area contributed by atoms with Crippen LogP contribution in [-0.2, 0) is 9.59 Å². The molecular weight excluding hydrogens is 434 g/mol. The van der Waals surface area contributed by atoms with Gasteiger partial charge in [0.2, 0.25) is 11.8 Å². The predicted molar refractivity (Wildman–Crippen MR) is 121 cm³/mol. The molecule has 1 unspecified atom stereocenters. The Hall–Kier alpha value is -2.84. The van der Waals surface area contributed by atoms with Gasteiger partial charge in [0, 0.05) is 16.6 Å². The van der Waals surface area contributed by atoms with Gasteiger partial charge in [-0.25, -0.2) is 0 Å². The van der Waals surface area contributed by atoms with Gasteiger partial charge in [0.1, 0.15) is 6.33 Å². The molecule has 160 valence electrons. The summed E-state index contributed by atoms with van der Waals surface area (Å²) < 4.78 is 1.79. The van der Waals surface area contributed by atoms with Gasteiger partial charge in [-0.3, -0.25) is 14.2 Å². The minimum absolute atomic E-state index is 0.0803. The van der Waals surface area contributed by atoms with Crippen molar-refractivity contribution in [2.75, 3.05) is 11.1 Å². The number of benzene rings is 2. The van der Waals surface area contributed by atoms with Crippen molar-refractivity contribution in [1.82, 2.24) is 20.1 Å².